The second-order valence-corrected chi connectivity index (χ2v) is 7.31. The molecule has 30 heavy (non-hydrogen) atoms. The number of carbonyl (C=O) groups is 2. The molecule has 0 fully saturated rings. The second kappa shape index (κ2) is 9.92. The number of carbonyl (C=O) groups excluding carboxylic acids is 2. The van der Waals surface area contributed by atoms with Crippen molar-refractivity contribution in [2.75, 3.05) is 13.7 Å². The molecule has 0 saturated carbocycles. The number of fused-ring (bicyclic) bond motifs is 1. The molecule has 0 unspecified atom stereocenters. The van der Waals surface area contributed by atoms with Gasteiger partial charge >= 0.3 is 0 Å². The quantitative estimate of drug-likeness (QED) is 0.615. The maximum atomic E-state index is 13.2. The number of nitrogens with one attached hydrogen (secondary N) is 1. The molecule has 0 aromatic heterocycles. The maximum Gasteiger partial charge on any atom is 0.261 e. The zero-order chi connectivity index (χ0) is 21.5. The summed E-state index contributed by atoms with van der Waals surface area (Å²) >= 11 is 0. The Hall–Kier alpha value is -3.34. The summed E-state index contributed by atoms with van der Waals surface area (Å²) in [5.74, 6) is 0.256. The molecule has 3 rings (SSSR count). The summed E-state index contributed by atoms with van der Waals surface area (Å²) < 4.78 is 5.90. The topological polar surface area (TPSA) is 58.6 Å². The van der Waals surface area contributed by atoms with Crippen molar-refractivity contribution in [3.8, 4) is 5.75 Å². The van der Waals surface area contributed by atoms with E-state index in [0.717, 1.165) is 21.9 Å². The third-order valence-electron chi connectivity index (χ3n) is 5.21. The summed E-state index contributed by atoms with van der Waals surface area (Å²) in [5.41, 5.74) is 2.12. The lowest BCUT2D eigenvalue weighted by Gasteiger charge is -2.30. The predicted octanol–water partition coefficient (Wildman–Crippen LogP) is 4.08. The number of nitrogens with zero attached hydrogens (tertiary/aromatic N) is 1. The molecule has 5 heteroatoms. The molecular weight excluding hydrogens is 376 g/mol. The van der Waals surface area contributed by atoms with Gasteiger partial charge in [0.05, 0.1) is 0 Å². The van der Waals surface area contributed by atoms with Gasteiger partial charge in [0.25, 0.3) is 5.91 Å². The zero-order valence-corrected chi connectivity index (χ0v) is 17.7. The fourth-order valence-electron chi connectivity index (χ4n) is 3.52. The van der Waals surface area contributed by atoms with Crippen LogP contribution in [0.15, 0.2) is 66.7 Å². The first kappa shape index (κ1) is 21.4. The third-order valence-corrected chi connectivity index (χ3v) is 5.21. The number of amides is 2. The summed E-state index contributed by atoms with van der Waals surface area (Å²) in [6, 6.07) is 21.1. The Morgan fingerprint density at radius 2 is 1.70 bits per heavy atom. The fraction of sp³-hybridized carbons (Fsp3) is 0.280. The molecule has 0 aliphatic carbocycles. The highest BCUT2D eigenvalue weighted by molar-refractivity contribution is 5.90. The van der Waals surface area contributed by atoms with Gasteiger partial charge in [0.1, 0.15) is 11.8 Å². The van der Waals surface area contributed by atoms with Crippen molar-refractivity contribution in [1.82, 2.24) is 10.2 Å². The Kier molecular flexibility index (Phi) is 7.07. The molecule has 0 radical (unpaired) electrons. The van der Waals surface area contributed by atoms with E-state index >= 15 is 0 Å². The van der Waals surface area contributed by atoms with Crippen molar-refractivity contribution in [1.29, 1.82) is 0 Å². The van der Waals surface area contributed by atoms with Crippen molar-refractivity contribution < 1.29 is 14.3 Å². The smallest absolute Gasteiger partial charge is 0.261 e. The van der Waals surface area contributed by atoms with Crippen LogP contribution < -0.4 is 10.1 Å². The first-order valence-corrected chi connectivity index (χ1v) is 10.2. The molecule has 0 spiro atoms. The number of ether oxygens (including phenoxy) is 1. The molecule has 3 aromatic rings. The minimum atomic E-state index is -0.556. The number of hydrogen-bond acceptors (Lipinski definition) is 3. The van der Waals surface area contributed by atoms with E-state index in [1.807, 2.05) is 80.6 Å². The Labute approximate surface area is 177 Å². The molecule has 5 nitrogen and oxygen atoms in total. The fourth-order valence-corrected chi connectivity index (χ4v) is 3.52. The molecule has 1 atom stereocenters. The van der Waals surface area contributed by atoms with Crippen molar-refractivity contribution in [3.05, 3.63) is 77.9 Å². The maximum absolute atomic E-state index is 13.2. The third kappa shape index (κ3) is 4.98. The molecule has 1 N–H and O–H groups in total. The Morgan fingerprint density at radius 1 is 1.00 bits per heavy atom. The van der Waals surface area contributed by atoms with Crippen molar-refractivity contribution in [3.63, 3.8) is 0 Å². The zero-order valence-electron chi connectivity index (χ0n) is 17.7. The van der Waals surface area contributed by atoms with Crippen LogP contribution in [0.1, 0.15) is 24.5 Å². The highest BCUT2D eigenvalue weighted by Crippen LogP contribution is 2.25. The van der Waals surface area contributed by atoms with E-state index in [2.05, 4.69) is 5.32 Å². The average Bonchev–Trinajstić information content (AvgIpc) is 2.78. The van der Waals surface area contributed by atoms with Gasteiger partial charge in [-0.2, -0.15) is 0 Å². The normalized spacial score (nSPS) is 11.7. The number of rotatable bonds is 8. The van der Waals surface area contributed by atoms with Gasteiger partial charge in [-0.3, -0.25) is 9.59 Å². The van der Waals surface area contributed by atoms with Crippen molar-refractivity contribution in [2.24, 2.45) is 0 Å². The molecule has 0 heterocycles. The van der Waals surface area contributed by atoms with Crippen LogP contribution in [0.4, 0.5) is 0 Å². The minimum absolute atomic E-state index is 0.132. The Morgan fingerprint density at radius 3 is 2.40 bits per heavy atom. The van der Waals surface area contributed by atoms with Crippen LogP contribution in [-0.2, 0) is 16.1 Å². The first-order valence-electron chi connectivity index (χ1n) is 10.2. The summed E-state index contributed by atoms with van der Waals surface area (Å²) in [6.07, 6.45) is 0.519. The summed E-state index contributed by atoms with van der Waals surface area (Å²) in [4.78, 5) is 27.2. The van der Waals surface area contributed by atoms with Crippen LogP contribution in [0.25, 0.3) is 10.8 Å². The first-order chi connectivity index (χ1) is 14.5. The van der Waals surface area contributed by atoms with Gasteiger partial charge in [-0.05, 0) is 30.4 Å². The highest BCUT2D eigenvalue weighted by Gasteiger charge is 2.28. The van der Waals surface area contributed by atoms with Gasteiger partial charge in [-0.25, -0.2) is 0 Å². The minimum Gasteiger partial charge on any atom is -0.483 e. The lowest BCUT2D eigenvalue weighted by atomic mass is 10.1. The Balaban J connectivity index is 1.81. The lowest BCUT2D eigenvalue weighted by molar-refractivity contribution is -0.142. The molecule has 0 aliphatic rings. The van der Waals surface area contributed by atoms with E-state index in [1.54, 1.807) is 11.9 Å². The van der Waals surface area contributed by atoms with Crippen LogP contribution in [0.3, 0.4) is 0 Å². The molecule has 2 amide bonds. The van der Waals surface area contributed by atoms with Crippen LogP contribution in [0.2, 0.25) is 0 Å². The monoisotopic (exact) mass is 404 g/mol. The SMILES string of the molecule is CC[C@@H](C(=O)NC)N(Cc1ccc(C)cc1)C(=O)COc1cccc2ccccc12. The van der Waals surface area contributed by atoms with Gasteiger partial charge in [0.15, 0.2) is 6.61 Å². The highest BCUT2D eigenvalue weighted by atomic mass is 16.5. The van der Waals surface area contributed by atoms with Gasteiger partial charge in [0, 0.05) is 19.0 Å². The number of aryl methyl sites for hydroxylation is 1. The second-order valence-electron chi connectivity index (χ2n) is 7.31. The van der Waals surface area contributed by atoms with Crippen LogP contribution in [0.5, 0.6) is 5.75 Å². The van der Waals surface area contributed by atoms with E-state index in [1.165, 1.54) is 0 Å². The molecule has 3 aromatic carbocycles. The summed E-state index contributed by atoms with van der Waals surface area (Å²) in [5, 5.41) is 4.68. The van der Waals surface area contributed by atoms with Crippen molar-refractivity contribution in [2.45, 2.75) is 32.9 Å². The van der Waals surface area contributed by atoms with E-state index in [-0.39, 0.29) is 18.4 Å². The van der Waals surface area contributed by atoms with Crippen LogP contribution in [-0.4, -0.2) is 36.4 Å². The number of likely N-dealkylation sites (N-methyl/N-ethyl adjacent to an activating group) is 1. The standard InChI is InChI=1S/C25H28N2O3/c1-4-22(25(29)26-3)27(16-19-14-12-18(2)13-15-19)24(28)17-30-23-11-7-9-20-8-5-6-10-21(20)23/h5-15,22H,4,16-17H2,1-3H3,(H,26,29)/t22-/m0/s1. The number of benzene rings is 3. The average molecular weight is 405 g/mol. The van der Waals surface area contributed by atoms with Gasteiger partial charge in [-0.15, -0.1) is 0 Å². The van der Waals surface area contributed by atoms with Gasteiger partial charge < -0.3 is 15.0 Å². The Bertz CT molecular complexity index is 1010. The number of hydrogen-bond donors (Lipinski definition) is 1. The van der Waals surface area contributed by atoms with Gasteiger partial charge in [-0.1, -0.05) is 73.2 Å². The summed E-state index contributed by atoms with van der Waals surface area (Å²) in [7, 11) is 1.59. The lowest BCUT2D eigenvalue weighted by Crippen LogP contribution is -2.49. The van der Waals surface area contributed by atoms with E-state index in [4.69, 9.17) is 4.74 Å². The molecule has 0 bridgehead atoms. The van der Waals surface area contributed by atoms with E-state index in [0.29, 0.717) is 18.7 Å². The van der Waals surface area contributed by atoms with Crippen LogP contribution >= 0.6 is 0 Å². The largest absolute Gasteiger partial charge is 0.483 e. The van der Waals surface area contributed by atoms with E-state index < -0.39 is 6.04 Å². The molecule has 0 aliphatic heterocycles. The molecule has 156 valence electrons. The molecular formula is C25H28N2O3. The van der Waals surface area contributed by atoms with Crippen LogP contribution in [0, 0.1) is 6.92 Å². The summed E-state index contributed by atoms with van der Waals surface area (Å²) in [6.45, 7) is 4.14. The predicted molar refractivity (Wildman–Crippen MR) is 119 cm³/mol. The van der Waals surface area contributed by atoms with Crippen molar-refractivity contribution >= 4 is 22.6 Å². The van der Waals surface area contributed by atoms with Gasteiger partial charge in [0.2, 0.25) is 5.91 Å². The van der Waals surface area contributed by atoms with E-state index in [9.17, 15) is 9.59 Å². The molecule has 0 saturated heterocycles.